The maximum atomic E-state index is 12.9. The molecule has 2 heterocycles. The van der Waals surface area contributed by atoms with Crippen molar-refractivity contribution in [2.24, 2.45) is 0 Å². The van der Waals surface area contributed by atoms with Gasteiger partial charge in [-0.05, 0) is 31.0 Å². The van der Waals surface area contributed by atoms with E-state index in [1.54, 1.807) is 12.1 Å². The fourth-order valence-electron chi connectivity index (χ4n) is 4.14. The van der Waals surface area contributed by atoms with E-state index in [-0.39, 0.29) is 16.0 Å². The van der Waals surface area contributed by atoms with Gasteiger partial charge >= 0.3 is 0 Å². The van der Waals surface area contributed by atoms with Gasteiger partial charge in [-0.15, -0.1) is 0 Å². The second kappa shape index (κ2) is 6.24. The summed E-state index contributed by atoms with van der Waals surface area (Å²) in [5.74, 6) is 0. The zero-order chi connectivity index (χ0) is 18.8. The summed E-state index contributed by atoms with van der Waals surface area (Å²) in [4.78, 5) is 0.142. The molecule has 0 bridgehead atoms. The standard InChI is InChI=1S/C20H18Cl2N2O2S/c21-15-10-9-12(18-20-14-7-4-8-16(22)19(14)24(18)20)11-17(15)27(25,26)23-13-5-2-1-3-6-13/h4,7-11,13,23H,1-3,5-6H2. The van der Waals surface area contributed by atoms with E-state index >= 15 is 0 Å². The van der Waals surface area contributed by atoms with E-state index in [0.717, 1.165) is 53.5 Å². The lowest BCUT2D eigenvalue weighted by molar-refractivity contribution is 0.412. The number of halogens is 2. The molecule has 3 aliphatic rings. The van der Waals surface area contributed by atoms with Crippen LogP contribution >= 0.6 is 23.2 Å². The van der Waals surface area contributed by atoms with Crippen LogP contribution in [0.1, 0.15) is 32.1 Å². The molecule has 2 aliphatic heterocycles. The van der Waals surface area contributed by atoms with Gasteiger partial charge in [-0.25, -0.2) is 13.1 Å². The highest BCUT2D eigenvalue weighted by Gasteiger charge is 2.35. The predicted molar refractivity (Wildman–Crippen MR) is 109 cm³/mol. The summed E-state index contributed by atoms with van der Waals surface area (Å²) in [6.45, 7) is 0. The zero-order valence-corrected chi connectivity index (χ0v) is 16.8. The van der Waals surface area contributed by atoms with Gasteiger partial charge in [0.05, 0.1) is 26.9 Å². The molecule has 1 N–H and O–H groups in total. The quantitative estimate of drug-likeness (QED) is 0.471. The molecule has 0 unspecified atom stereocenters. The number of fused-ring (bicyclic) bond motifs is 4. The van der Waals surface area contributed by atoms with Crippen molar-refractivity contribution in [1.82, 2.24) is 9.29 Å². The Hall–Kier alpha value is -1.53. The topological polar surface area (TPSA) is 51.1 Å². The summed E-state index contributed by atoms with van der Waals surface area (Å²) < 4.78 is 30.7. The molecule has 27 heavy (non-hydrogen) atoms. The highest BCUT2D eigenvalue weighted by molar-refractivity contribution is 7.89. The van der Waals surface area contributed by atoms with Crippen molar-refractivity contribution in [2.45, 2.75) is 43.0 Å². The van der Waals surface area contributed by atoms with Crippen molar-refractivity contribution in [2.75, 3.05) is 0 Å². The molecule has 1 saturated carbocycles. The SMILES string of the molecule is O=S(=O)(NC1CCCCC1)c1cc(-c2c3c4cccc(Cl)c4n2-3)ccc1Cl. The first-order valence-corrected chi connectivity index (χ1v) is 11.4. The van der Waals surface area contributed by atoms with E-state index in [9.17, 15) is 8.42 Å². The number of aromatic nitrogens is 1. The van der Waals surface area contributed by atoms with Crippen molar-refractivity contribution in [3.8, 4) is 16.9 Å². The first kappa shape index (κ1) is 17.6. The molecule has 1 aliphatic carbocycles. The third-order valence-electron chi connectivity index (χ3n) is 5.51. The molecule has 140 valence electrons. The Bertz CT molecular complexity index is 1180. The zero-order valence-electron chi connectivity index (χ0n) is 14.5. The summed E-state index contributed by atoms with van der Waals surface area (Å²) in [6.07, 6.45) is 5.06. The molecule has 0 radical (unpaired) electrons. The Labute approximate surface area is 168 Å². The number of hydrogen-bond acceptors (Lipinski definition) is 2. The number of rotatable bonds is 4. The fourth-order valence-corrected chi connectivity index (χ4v) is 6.23. The third kappa shape index (κ3) is 2.80. The van der Waals surface area contributed by atoms with Crippen LogP contribution in [0.3, 0.4) is 0 Å². The minimum atomic E-state index is -3.66. The largest absolute Gasteiger partial charge is 0.303 e. The van der Waals surface area contributed by atoms with E-state index in [4.69, 9.17) is 23.2 Å². The maximum Gasteiger partial charge on any atom is 0.242 e. The van der Waals surface area contributed by atoms with Gasteiger partial charge in [-0.1, -0.05) is 60.7 Å². The van der Waals surface area contributed by atoms with Crippen LogP contribution in [0.4, 0.5) is 0 Å². The van der Waals surface area contributed by atoms with Crippen LogP contribution in [0.25, 0.3) is 27.8 Å². The number of sulfonamides is 1. The maximum absolute atomic E-state index is 12.9. The van der Waals surface area contributed by atoms with Crippen LogP contribution in [0.5, 0.6) is 0 Å². The normalized spacial score (nSPS) is 16.8. The van der Waals surface area contributed by atoms with Crippen LogP contribution in [-0.4, -0.2) is 19.0 Å². The number of nitrogens with one attached hydrogen (secondary N) is 1. The van der Waals surface area contributed by atoms with Crippen LogP contribution in [-0.2, 0) is 10.0 Å². The minimum Gasteiger partial charge on any atom is -0.303 e. The van der Waals surface area contributed by atoms with Crippen LogP contribution in [0.15, 0.2) is 41.3 Å². The Balaban J connectivity index is 1.52. The molecule has 1 fully saturated rings. The van der Waals surface area contributed by atoms with Crippen molar-refractivity contribution < 1.29 is 8.42 Å². The van der Waals surface area contributed by atoms with E-state index in [1.165, 1.54) is 6.42 Å². The van der Waals surface area contributed by atoms with Crippen molar-refractivity contribution in [3.05, 3.63) is 46.4 Å². The molecule has 5 rings (SSSR count). The minimum absolute atomic E-state index is 0.00517. The predicted octanol–water partition coefficient (Wildman–Crippen LogP) is 5.53. The van der Waals surface area contributed by atoms with Gasteiger partial charge in [0.2, 0.25) is 10.0 Å². The molecule has 4 nitrogen and oxygen atoms in total. The average Bonchev–Trinajstić information content (AvgIpc) is 3.28. The first-order valence-electron chi connectivity index (χ1n) is 9.13. The van der Waals surface area contributed by atoms with Crippen LogP contribution in [0.2, 0.25) is 10.0 Å². The summed E-state index contributed by atoms with van der Waals surface area (Å²) >= 11 is 12.5. The second-order valence-corrected chi connectivity index (χ2v) is 9.77. The first-order chi connectivity index (χ1) is 13.0. The van der Waals surface area contributed by atoms with Gasteiger partial charge in [0.15, 0.2) is 0 Å². The smallest absolute Gasteiger partial charge is 0.242 e. The summed E-state index contributed by atoms with van der Waals surface area (Å²) in [5.41, 5.74) is 3.94. The van der Waals surface area contributed by atoms with Crippen molar-refractivity contribution in [1.29, 1.82) is 0 Å². The fraction of sp³-hybridized carbons (Fsp3) is 0.300. The molecular formula is C20H18Cl2N2O2S. The van der Waals surface area contributed by atoms with E-state index < -0.39 is 10.0 Å². The molecule has 2 aromatic carbocycles. The molecule has 0 spiro atoms. The lowest BCUT2D eigenvalue weighted by Gasteiger charge is -2.22. The third-order valence-corrected chi connectivity index (χ3v) is 7.82. The van der Waals surface area contributed by atoms with Gasteiger partial charge in [-0.3, -0.25) is 0 Å². The van der Waals surface area contributed by atoms with Gasteiger partial charge in [0.1, 0.15) is 4.90 Å². The van der Waals surface area contributed by atoms with E-state index in [2.05, 4.69) is 9.29 Å². The summed E-state index contributed by atoms with van der Waals surface area (Å²) in [6, 6.07) is 11.0. The van der Waals surface area contributed by atoms with Crippen molar-refractivity contribution >= 4 is 44.1 Å². The van der Waals surface area contributed by atoms with Gasteiger partial charge in [0.25, 0.3) is 0 Å². The molecule has 0 amide bonds. The number of benzene rings is 2. The summed E-state index contributed by atoms with van der Waals surface area (Å²) in [5, 5.41) is 2.05. The van der Waals surface area contributed by atoms with E-state index in [0.29, 0.717) is 5.02 Å². The average molecular weight is 421 g/mol. The highest BCUT2D eigenvalue weighted by atomic mass is 35.5. The lowest BCUT2D eigenvalue weighted by Crippen LogP contribution is -2.36. The van der Waals surface area contributed by atoms with Crippen LogP contribution in [0, 0.1) is 0 Å². The number of hydrogen-bond donors (Lipinski definition) is 1. The van der Waals surface area contributed by atoms with Crippen LogP contribution < -0.4 is 4.72 Å². The Morgan fingerprint density at radius 1 is 1.00 bits per heavy atom. The number of para-hydroxylation sites is 1. The molecule has 2 aromatic rings. The van der Waals surface area contributed by atoms with Gasteiger partial charge in [-0.2, -0.15) is 0 Å². The molecular weight excluding hydrogens is 403 g/mol. The van der Waals surface area contributed by atoms with Gasteiger partial charge in [0, 0.05) is 17.0 Å². The highest BCUT2D eigenvalue weighted by Crippen LogP contribution is 2.53. The Kier molecular flexibility index (Phi) is 4.06. The van der Waals surface area contributed by atoms with E-state index in [1.807, 2.05) is 24.3 Å². The molecule has 0 atom stereocenters. The number of nitrogens with zero attached hydrogens (tertiary/aromatic N) is 1. The summed E-state index contributed by atoms with van der Waals surface area (Å²) in [7, 11) is -3.66. The second-order valence-electron chi connectivity index (χ2n) is 7.27. The molecule has 0 saturated heterocycles. The Morgan fingerprint density at radius 3 is 2.52 bits per heavy atom. The lowest BCUT2D eigenvalue weighted by atomic mass is 9.96. The Morgan fingerprint density at radius 2 is 1.78 bits per heavy atom. The molecule has 7 heteroatoms. The molecule has 0 aromatic heterocycles. The monoisotopic (exact) mass is 420 g/mol. The van der Waals surface area contributed by atoms with Crippen molar-refractivity contribution in [3.63, 3.8) is 0 Å². The van der Waals surface area contributed by atoms with Gasteiger partial charge < -0.3 is 4.57 Å².